The van der Waals surface area contributed by atoms with Crippen molar-refractivity contribution in [1.29, 1.82) is 0 Å². The van der Waals surface area contributed by atoms with Crippen LogP contribution in [0, 0.1) is 0 Å². The average molecular weight is 246 g/mol. The third-order valence-corrected chi connectivity index (χ3v) is 3.56. The number of aromatic nitrogens is 1. The van der Waals surface area contributed by atoms with Crippen LogP contribution in [0.4, 0.5) is 5.82 Å². The van der Waals surface area contributed by atoms with E-state index in [0.29, 0.717) is 5.92 Å². The highest BCUT2D eigenvalue weighted by atomic mass is 16.7. The highest BCUT2D eigenvalue weighted by Gasteiger charge is 2.31. The molecular formula is C14H18N2O2. The van der Waals surface area contributed by atoms with E-state index < -0.39 is 0 Å². The Morgan fingerprint density at radius 3 is 2.72 bits per heavy atom. The first-order valence-corrected chi connectivity index (χ1v) is 6.45. The van der Waals surface area contributed by atoms with Gasteiger partial charge in [-0.25, -0.2) is 9.98 Å². The minimum absolute atomic E-state index is 0.386. The fourth-order valence-electron chi connectivity index (χ4n) is 2.47. The molecule has 0 atom stereocenters. The molecule has 0 saturated heterocycles. The minimum Gasteiger partial charge on any atom is -0.350 e. The maximum absolute atomic E-state index is 5.36. The van der Waals surface area contributed by atoms with Crippen LogP contribution >= 0.6 is 0 Å². The summed E-state index contributed by atoms with van der Waals surface area (Å²) in [6.45, 7) is 0. The van der Waals surface area contributed by atoms with E-state index in [9.17, 15) is 0 Å². The molecular weight excluding hydrogens is 228 g/mol. The van der Waals surface area contributed by atoms with Gasteiger partial charge in [0.1, 0.15) is 5.69 Å². The molecule has 4 heteroatoms. The number of hydrogen-bond donors (Lipinski definition) is 0. The van der Waals surface area contributed by atoms with Crippen molar-refractivity contribution < 1.29 is 9.47 Å². The van der Waals surface area contributed by atoms with Crippen LogP contribution in [-0.4, -0.2) is 25.4 Å². The zero-order chi connectivity index (χ0) is 12.5. The lowest BCUT2D eigenvalue weighted by atomic mass is 10.0. The highest BCUT2D eigenvalue weighted by molar-refractivity contribution is 5.67. The van der Waals surface area contributed by atoms with Crippen LogP contribution in [0.1, 0.15) is 48.3 Å². The van der Waals surface area contributed by atoms with Crippen LogP contribution in [-0.2, 0) is 15.9 Å². The molecule has 0 aromatic carbocycles. The molecule has 0 bridgehead atoms. The van der Waals surface area contributed by atoms with Crippen molar-refractivity contribution in [1.82, 2.24) is 4.98 Å². The lowest BCUT2D eigenvalue weighted by Gasteiger charge is -2.19. The molecule has 3 rings (SSSR count). The first-order chi connectivity index (χ1) is 8.83. The molecule has 18 heavy (non-hydrogen) atoms. The number of aliphatic imine (C=N–C) groups is 1. The summed E-state index contributed by atoms with van der Waals surface area (Å²) >= 11 is 0. The molecule has 2 aliphatic rings. The van der Waals surface area contributed by atoms with Crippen molar-refractivity contribution in [3.63, 3.8) is 0 Å². The lowest BCUT2D eigenvalue weighted by molar-refractivity contribution is -0.109. The van der Waals surface area contributed by atoms with E-state index in [0.717, 1.165) is 24.4 Å². The van der Waals surface area contributed by atoms with Gasteiger partial charge in [0.05, 0.1) is 0 Å². The van der Waals surface area contributed by atoms with Crippen molar-refractivity contribution >= 4 is 12.0 Å². The van der Waals surface area contributed by atoms with E-state index in [2.05, 4.69) is 16.0 Å². The first-order valence-electron chi connectivity index (χ1n) is 6.45. The Hall–Kier alpha value is -1.26. The summed E-state index contributed by atoms with van der Waals surface area (Å²) in [6, 6.07) is 2.26. The summed E-state index contributed by atoms with van der Waals surface area (Å²) in [6.07, 6.45) is 6.09. The third-order valence-electron chi connectivity index (χ3n) is 3.56. The Bertz CT molecular complexity index is 477. The Kier molecular flexibility index (Phi) is 3.14. The summed E-state index contributed by atoms with van der Waals surface area (Å²) in [4.78, 5) is 9.05. The van der Waals surface area contributed by atoms with Crippen LogP contribution in [0.5, 0.6) is 0 Å². The predicted octanol–water partition coefficient (Wildman–Crippen LogP) is 2.90. The zero-order valence-electron chi connectivity index (χ0n) is 10.8. The fourth-order valence-corrected chi connectivity index (χ4v) is 2.47. The molecule has 2 heterocycles. The predicted molar refractivity (Wildman–Crippen MR) is 69.4 cm³/mol. The van der Waals surface area contributed by atoms with E-state index in [1.165, 1.54) is 24.0 Å². The number of nitrogens with zero attached hydrogens (tertiary/aromatic N) is 2. The Balaban J connectivity index is 2.07. The van der Waals surface area contributed by atoms with Crippen LogP contribution in [0.15, 0.2) is 11.1 Å². The van der Waals surface area contributed by atoms with Crippen molar-refractivity contribution in [3.8, 4) is 0 Å². The number of methoxy groups -OCH3 is 2. The lowest BCUT2D eigenvalue weighted by Crippen LogP contribution is -2.11. The molecule has 1 fully saturated rings. The largest absolute Gasteiger partial charge is 0.350 e. The number of aryl methyl sites for hydroxylation is 1. The molecule has 96 valence electrons. The first kappa shape index (κ1) is 11.8. The molecule has 1 saturated carbocycles. The molecule has 0 amide bonds. The molecule has 0 spiro atoms. The normalized spacial score (nSPS) is 18.2. The van der Waals surface area contributed by atoms with E-state index in [-0.39, 0.29) is 6.29 Å². The monoisotopic (exact) mass is 246 g/mol. The van der Waals surface area contributed by atoms with E-state index in [4.69, 9.17) is 9.47 Å². The highest BCUT2D eigenvalue weighted by Crippen LogP contribution is 2.44. The Labute approximate surface area is 107 Å². The van der Waals surface area contributed by atoms with Gasteiger partial charge in [-0.2, -0.15) is 0 Å². The SMILES string of the molecule is COC(OC)c1nc2c(cc1C1CC1)CCC=N2. The maximum Gasteiger partial charge on any atom is 0.200 e. The van der Waals surface area contributed by atoms with Gasteiger partial charge >= 0.3 is 0 Å². The van der Waals surface area contributed by atoms with Crippen molar-refractivity contribution in [2.24, 2.45) is 4.99 Å². The number of hydrogen-bond acceptors (Lipinski definition) is 4. The van der Waals surface area contributed by atoms with Gasteiger partial charge < -0.3 is 9.47 Å². The molecule has 0 radical (unpaired) electrons. The fraction of sp³-hybridized carbons (Fsp3) is 0.571. The standard InChI is InChI=1S/C14H18N2O2/c1-17-14(18-2)12-11(9-5-6-9)8-10-4-3-7-15-13(10)16-12/h7-9,14H,3-6H2,1-2H3. The second-order valence-electron chi connectivity index (χ2n) is 4.87. The van der Waals surface area contributed by atoms with Crippen LogP contribution < -0.4 is 0 Å². The molecule has 1 aliphatic heterocycles. The maximum atomic E-state index is 5.36. The van der Waals surface area contributed by atoms with Gasteiger partial charge in [0.25, 0.3) is 0 Å². The average Bonchev–Trinajstić information content (AvgIpc) is 3.24. The summed E-state index contributed by atoms with van der Waals surface area (Å²) in [7, 11) is 3.30. The molecule has 4 nitrogen and oxygen atoms in total. The molecule has 1 aromatic heterocycles. The van der Waals surface area contributed by atoms with Crippen molar-refractivity contribution in [3.05, 3.63) is 22.9 Å². The van der Waals surface area contributed by atoms with Crippen LogP contribution in [0.3, 0.4) is 0 Å². The van der Waals surface area contributed by atoms with E-state index in [1.807, 2.05) is 6.21 Å². The van der Waals surface area contributed by atoms with Crippen LogP contribution in [0.2, 0.25) is 0 Å². The summed E-state index contributed by atoms with van der Waals surface area (Å²) in [5.74, 6) is 1.47. The zero-order valence-corrected chi connectivity index (χ0v) is 10.8. The second kappa shape index (κ2) is 4.78. The second-order valence-corrected chi connectivity index (χ2v) is 4.87. The van der Waals surface area contributed by atoms with E-state index in [1.54, 1.807) is 14.2 Å². The van der Waals surface area contributed by atoms with Gasteiger partial charge in [-0.3, -0.25) is 0 Å². The molecule has 0 unspecified atom stereocenters. The summed E-state index contributed by atoms with van der Waals surface area (Å²) in [5.41, 5.74) is 3.45. The van der Waals surface area contributed by atoms with Gasteiger partial charge in [-0.15, -0.1) is 0 Å². The number of pyridine rings is 1. The summed E-state index contributed by atoms with van der Waals surface area (Å²) in [5, 5.41) is 0. The van der Waals surface area contributed by atoms with Gasteiger partial charge in [0, 0.05) is 20.4 Å². The van der Waals surface area contributed by atoms with Gasteiger partial charge in [-0.1, -0.05) is 0 Å². The number of rotatable bonds is 4. The minimum atomic E-state index is -0.386. The number of fused-ring (bicyclic) bond motifs is 1. The van der Waals surface area contributed by atoms with Gasteiger partial charge in [0.15, 0.2) is 5.82 Å². The van der Waals surface area contributed by atoms with Crippen LogP contribution in [0.25, 0.3) is 0 Å². The summed E-state index contributed by atoms with van der Waals surface area (Å²) < 4.78 is 10.7. The van der Waals surface area contributed by atoms with Crippen molar-refractivity contribution in [2.75, 3.05) is 14.2 Å². The molecule has 1 aliphatic carbocycles. The van der Waals surface area contributed by atoms with Gasteiger partial charge in [0.2, 0.25) is 6.29 Å². The smallest absolute Gasteiger partial charge is 0.200 e. The Morgan fingerprint density at radius 1 is 1.28 bits per heavy atom. The molecule has 1 aromatic rings. The molecule has 0 N–H and O–H groups in total. The number of ether oxygens (including phenoxy) is 2. The van der Waals surface area contributed by atoms with Gasteiger partial charge in [-0.05, 0) is 48.8 Å². The topological polar surface area (TPSA) is 43.7 Å². The Morgan fingerprint density at radius 2 is 2.06 bits per heavy atom. The van der Waals surface area contributed by atoms with Crippen molar-refractivity contribution in [2.45, 2.75) is 37.9 Å². The third kappa shape index (κ3) is 2.06. The van der Waals surface area contributed by atoms with E-state index >= 15 is 0 Å². The quantitative estimate of drug-likeness (QED) is 0.767.